The number of amides is 2. The lowest BCUT2D eigenvalue weighted by Gasteiger charge is -2.48. The van der Waals surface area contributed by atoms with Crippen LogP contribution in [0.15, 0.2) is 72.0 Å². The van der Waals surface area contributed by atoms with Crippen LogP contribution in [0.1, 0.15) is 74.3 Å². The number of fused-ring (bicyclic) bond motifs is 1. The Bertz CT molecular complexity index is 1700. The second kappa shape index (κ2) is 14.2. The van der Waals surface area contributed by atoms with Crippen LogP contribution >= 0.6 is 11.6 Å². The summed E-state index contributed by atoms with van der Waals surface area (Å²) in [6.07, 6.45) is 12.5. The van der Waals surface area contributed by atoms with E-state index in [1.807, 2.05) is 51.4 Å². The Labute approximate surface area is 275 Å². The molecule has 3 heterocycles. The van der Waals surface area contributed by atoms with Gasteiger partial charge in [0.1, 0.15) is 24.4 Å². The molecule has 2 fully saturated rings. The number of pyridine rings is 1. The molecule has 0 bridgehead atoms. The third kappa shape index (κ3) is 6.89. The van der Waals surface area contributed by atoms with E-state index in [9.17, 15) is 14.4 Å². The van der Waals surface area contributed by atoms with Gasteiger partial charge in [-0.1, -0.05) is 62.1 Å². The Morgan fingerprint density at radius 2 is 1.78 bits per heavy atom. The SMILES string of the molecule is CCCn1c(C(=O)N[C@H](Cc2ccc(Cl)cc2)C(=O)N2CCC(Cn3cncn3)(C3CCCCC3)CC2)cc(=O)c2ccccc21. The van der Waals surface area contributed by atoms with E-state index in [2.05, 4.69) is 15.4 Å². The number of nitrogens with zero attached hydrogens (tertiary/aromatic N) is 5. The molecule has 1 atom stereocenters. The molecular formula is C36H43ClN6O3. The number of likely N-dealkylation sites (tertiary alicyclic amines) is 1. The monoisotopic (exact) mass is 642 g/mol. The van der Waals surface area contributed by atoms with Gasteiger partial charge in [0.2, 0.25) is 5.91 Å². The quantitative estimate of drug-likeness (QED) is 0.233. The van der Waals surface area contributed by atoms with Crippen molar-refractivity contribution in [3.8, 4) is 0 Å². The molecule has 0 radical (unpaired) electrons. The fraction of sp³-hybridized carbons (Fsp3) is 0.472. The average molecular weight is 643 g/mol. The number of carbonyl (C=O) groups is 2. The second-order valence-corrected chi connectivity index (χ2v) is 13.5. The van der Waals surface area contributed by atoms with Gasteiger partial charge in [0, 0.05) is 49.1 Å². The molecule has 0 spiro atoms. The number of aromatic nitrogens is 4. The van der Waals surface area contributed by atoms with Crippen LogP contribution in [0.3, 0.4) is 0 Å². The lowest BCUT2D eigenvalue weighted by atomic mass is 9.63. The number of hydrogen-bond donors (Lipinski definition) is 1. The van der Waals surface area contributed by atoms with Gasteiger partial charge < -0.3 is 14.8 Å². The summed E-state index contributed by atoms with van der Waals surface area (Å²) in [5, 5.41) is 8.68. The highest BCUT2D eigenvalue weighted by Crippen LogP contribution is 2.47. The maximum Gasteiger partial charge on any atom is 0.268 e. The number of rotatable bonds is 10. The van der Waals surface area contributed by atoms with Crippen molar-refractivity contribution in [2.45, 2.75) is 83.8 Å². The number of aryl methyl sites for hydroxylation is 1. The highest BCUT2D eigenvalue weighted by atomic mass is 35.5. The van der Waals surface area contributed by atoms with E-state index in [4.69, 9.17) is 11.6 Å². The van der Waals surface area contributed by atoms with Crippen LogP contribution in [0.5, 0.6) is 0 Å². The van der Waals surface area contributed by atoms with Crippen LogP contribution in [0.2, 0.25) is 5.02 Å². The summed E-state index contributed by atoms with van der Waals surface area (Å²) in [5.74, 6) is 0.0605. The zero-order valence-electron chi connectivity index (χ0n) is 26.5. The third-order valence-corrected chi connectivity index (χ3v) is 10.4. The van der Waals surface area contributed by atoms with Crippen molar-refractivity contribution < 1.29 is 9.59 Å². The Hall–Kier alpha value is -3.98. The number of halogens is 1. The van der Waals surface area contributed by atoms with Gasteiger partial charge in [0.15, 0.2) is 5.43 Å². The number of piperidine rings is 1. The van der Waals surface area contributed by atoms with Crippen molar-refractivity contribution in [2.75, 3.05) is 13.1 Å². The summed E-state index contributed by atoms with van der Waals surface area (Å²) < 4.78 is 3.84. The van der Waals surface area contributed by atoms with E-state index in [1.54, 1.807) is 30.9 Å². The van der Waals surface area contributed by atoms with Crippen LogP contribution in [-0.4, -0.2) is 55.2 Å². The molecule has 2 aliphatic rings. The molecule has 9 nitrogen and oxygen atoms in total. The predicted molar refractivity (Wildman–Crippen MR) is 180 cm³/mol. The summed E-state index contributed by atoms with van der Waals surface area (Å²) in [6, 6.07) is 15.3. The van der Waals surface area contributed by atoms with Gasteiger partial charge in [-0.05, 0) is 73.3 Å². The van der Waals surface area contributed by atoms with Crippen molar-refractivity contribution in [1.82, 2.24) is 29.5 Å². The van der Waals surface area contributed by atoms with Gasteiger partial charge in [-0.3, -0.25) is 19.1 Å². The molecule has 242 valence electrons. The molecule has 0 unspecified atom stereocenters. The summed E-state index contributed by atoms with van der Waals surface area (Å²) >= 11 is 6.16. The fourth-order valence-corrected chi connectivity index (χ4v) is 7.83. The molecule has 1 aliphatic carbocycles. The van der Waals surface area contributed by atoms with Crippen molar-refractivity contribution in [2.24, 2.45) is 11.3 Å². The van der Waals surface area contributed by atoms with E-state index in [0.29, 0.717) is 47.9 Å². The van der Waals surface area contributed by atoms with E-state index in [0.717, 1.165) is 31.4 Å². The van der Waals surface area contributed by atoms with Gasteiger partial charge in [0.25, 0.3) is 5.91 Å². The molecule has 1 aliphatic heterocycles. The number of carbonyl (C=O) groups excluding carboxylic acids is 2. The second-order valence-electron chi connectivity index (χ2n) is 13.0. The molecule has 6 rings (SSSR count). The molecular weight excluding hydrogens is 600 g/mol. The zero-order chi connectivity index (χ0) is 32.1. The lowest BCUT2D eigenvalue weighted by Crippen LogP contribution is -2.54. The first-order valence-electron chi connectivity index (χ1n) is 16.7. The summed E-state index contributed by atoms with van der Waals surface area (Å²) in [5.41, 5.74) is 1.72. The van der Waals surface area contributed by atoms with Crippen LogP contribution in [0.4, 0.5) is 0 Å². The van der Waals surface area contributed by atoms with Crippen LogP contribution < -0.4 is 10.7 Å². The molecule has 2 aromatic heterocycles. The Morgan fingerprint density at radius 3 is 2.48 bits per heavy atom. The lowest BCUT2D eigenvalue weighted by molar-refractivity contribution is -0.136. The van der Waals surface area contributed by atoms with E-state index in [1.165, 1.54) is 38.2 Å². The minimum Gasteiger partial charge on any atom is -0.341 e. The molecule has 4 aromatic rings. The molecule has 10 heteroatoms. The maximum absolute atomic E-state index is 14.3. The van der Waals surface area contributed by atoms with Gasteiger partial charge in [0.05, 0.1) is 5.52 Å². The van der Waals surface area contributed by atoms with Crippen LogP contribution in [0, 0.1) is 11.3 Å². The smallest absolute Gasteiger partial charge is 0.268 e. The van der Waals surface area contributed by atoms with Crippen molar-refractivity contribution >= 4 is 34.3 Å². The summed E-state index contributed by atoms with van der Waals surface area (Å²) in [6.45, 7) is 4.65. The highest BCUT2D eigenvalue weighted by Gasteiger charge is 2.44. The van der Waals surface area contributed by atoms with Crippen LogP contribution in [-0.2, 0) is 24.3 Å². The standard InChI is InChI=1S/C36H43ClN6O3/c1-2-18-43-31-11-7-6-10-29(31)33(44)22-32(43)34(45)40-30(21-26-12-14-28(37)15-13-26)35(46)41-19-16-36(17-20-41,23-42-25-38-24-39-42)27-8-4-3-5-9-27/h6-7,10-15,22,24-25,27,30H,2-5,8-9,16-21,23H2,1H3,(H,40,45)/t30-/m1/s1. The first-order chi connectivity index (χ1) is 22.4. The number of hydrogen-bond acceptors (Lipinski definition) is 5. The topological polar surface area (TPSA) is 102 Å². The largest absolute Gasteiger partial charge is 0.341 e. The van der Waals surface area contributed by atoms with E-state index < -0.39 is 11.9 Å². The highest BCUT2D eigenvalue weighted by molar-refractivity contribution is 6.30. The Morgan fingerprint density at radius 1 is 1.04 bits per heavy atom. The number of benzene rings is 2. The minimum absolute atomic E-state index is 0.0567. The van der Waals surface area contributed by atoms with Crippen molar-refractivity contribution in [3.63, 3.8) is 0 Å². The zero-order valence-corrected chi connectivity index (χ0v) is 27.3. The number of para-hydroxylation sites is 1. The molecule has 2 aromatic carbocycles. The molecule has 1 saturated heterocycles. The van der Waals surface area contributed by atoms with E-state index in [-0.39, 0.29) is 22.4 Å². The molecule has 2 amide bonds. The molecule has 1 N–H and O–H groups in total. The van der Waals surface area contributed by atoms with Crippen molar-refractivity contribution in [3.05, 3.63) is 93.8 Å². The Kier molecular flexibility index (Phi) is 9.87. The van der Waals surface area contributed by atoms with Crippen LogP contribution in [0.25, 0.3) is 10.9 Å². The predicted octanol–water partition coefficient (Wildman–Crippen LogP) is 5.89. The Balaban J connectivity index is 1.26. The first-order valence-corrected chi connectivity index (χ1v) is 17.0. The minimum atomic E-state index is -0.803. The van der Waals surface area contributed by atoms with Crippen molar-refractivity contribution in [1.29, 1.82) is 0 Å². The summed E-state index contributed by atoms with van der Waals surface area (Å²) in [4.78, 5) is 47.5. The average Bonchev–Trinajstić information content (AvgIpc) is 3.60. The molecule has 46 heavy (non-hydrogen) atoms. The van der Waals surface area contributed by atoms with Gasteiger partial charge in [-0.25, -0.2) is 4.98 Å². The van der Waals surface area contributed by atoms with E-state index >= 15 is 0 Å². The summed E-state index contributed by atoms with van der Waals surface area (Å²) in [7, 11) is 0. The van der Waals surface area contributed by atoms with Gasteiger partial charge >= 0.3 is 0 Å². The number of nitrogens with one attached hydrogen (secondary N) is 1. The fourth-order valence-electron chi connectivity index (χ4n) is 7.71. The first kappa shape index (κ1) is 32.0. The third-order valence-electron chi connectivity index (χ3n) is 10.1. The maximum atomic E-state index is 14.3. The normalized spacial score (nSPS) is 17.6. The van der Waals surface area contributed by atoms with Gasteiger partial charge in [-0.2, -0.15) is 5.10 Å². The van der Waals surface area contributed by atoms with Gasteiger partial charge in [-0.15, -0.1) is 0 Å². The molecule has 1 saturated carbocycles.